The molecule has 0 saturated carbocycles. The first-order valence-electron chi connectivity index (χ1n) is 5.03. The number of hydrogen-bond acceptors (Lipinski definition) is 2. The third-order valence-corrected chi connectivity index (χ3v) is 3.64. The molecular formula is C11H13Cl2FO2Si. The highest BCUT2D eigenvalue weighted by atomic mass is 35.5. The average Bonchev–Trinajstić information content (AvgIpc) is 2.21. The molecule has 1 atom stereocenters. The van der Waals surface area contributed by atoms with E-state index in [2.05, 4.69) is 0 Å². The normalized spacial score (nSPS) is 13.5. The van der Waals surface area contributed by atoms with Crippen LogP contribution in [-0.2, 0) is 9.22 Å². The Labute approximate surface area is 111 Å². The molecule has 1 rings (SSSR count). The molecule has 0 radical (unpaired) electrons. The van der Waals surface area contributed by atoms with Gasteiger partial charge in [0, 0.05) is 10.6 Å². The average molecular weight is 295 g/mol. The molecule has 94 valence electrons. The van der Waals surface area contributed by atoms with E-state index >= 15 is 0 Å². The van der Waals surface area contributed by atoms with E-state index < -0.39 is 20.2 Å². The van der Waals surface area contributed by atoms with Crippen LogP contribution < -0.4 is 0 Å². The van der Waals surface area contributed by atoms with Gasteiger partial charge in [-0.15, -0.1) is 0 Å². The van der Waals surface area contributed by atoms with Crippen molar-refractivity contribution in [3.63, 3.8) is 0 Å². The summed E-state index contributed by atoms with van der Waals surface area (Å²) in [5.41, 5.74) is 0.200. The van der Waals surface area contributed by atoms with Crippen LogP contribution in [0.1, 0.15) is 11.7 Å². The van der Waals surface area contributed by atoms with E-state index in [0.717, 1.165) is 6.07 Å². The maximum Gasteiger partial charge on any atom is 0.185 e. The molecule has 0 aliphatic carbocycles. The smallest absolute Gasteiger partial charge is 0.185 e. The monoisotopic (exact) mass is 294 g/mol. The van der Waals surface area contributed by atoms with Gasteiger partial charge in [0.15, 0.2) is 14.6 Å². The van der Waals surface area contributed by atoms with Crippen molar-refractivity contribution in [3.8, 4) is 0 Å². The van der Waals surface area contributed by atoms with Crippen molar-refractivity contribution >= 4 is 37.8 Å². The Hall–Kier alpha value is -0.423. The summed E-state index contributed by atoms with van der Waals surface area (Å²) in [5.74, 6) is -0.614. The molecule has 17 heavy (non-hydrogen) atoms. The summed E-state index contributed by atoms with van der Waals surface area (Å²) >= 11 is 11.7. The first kappa shape index (κ1) is 14.6. The Morgan fingerprint density at radius 3 is 2.41 bits per heavy atom. The van der Waals surface area contributed by atoms with Gasteiger partial charge in [-0.3, -0.25) is 0 Å². The van der Waals surface area contributed by atoms with Crippen LogP contribution in [0.3, 0.4) is 0 Å². The van der Waals surface area contributed by atoms with Crippen molar-refractivity contribution in [3.05, 3.63) is 33.6 Å². The van der Waals surface area contributed by atoms with Crippen LogP contribution in [0.15, 0.2) is 12.1 Å². The molecule has 0 aliphatic rings. The highest BCUT2D eigenvalue weighted by Gasteiger charge is 2.26. The SMILES string of the molecule is C[Si](C)(C)O[C@@H](C=O)c1c(Cl)ccc(F)c1Cl. The third-order valence-electron chi connectivity index (χ3n) is 1.97. The van der Waals surface area contributed by atoms with Gasteiger partial charge in [0.2, 0.25) is 0 Å². The largest absolute Gasteiger partial charge is 0.404 e. The van der Waals surface area contributed by atoms with Crippen molar-refractivity contribution in [1.82, 2.24) is 0 Å². The molecule has 0 saturated heterocycles. The number of aldehydes is 1. The number of hydrogen-bond donors (Lipinski definition) is 0. The predicted molar refractivity (Wildman–Crippen MR) is 69.7 cm³/mol. The Morgan fingerprint density at radius 2 is 1.94 bits per heavy atom. The van der Waals surface area contributed by atoms with Crippen molar-refractivity contribution in [1.29, 1.82) is 0 Å². The fourth-order valence-corrected chi connectivity index (χ4v) is 2.86. The number of carbonyl (C=O) groups excluding carboxylic acids is 1. The topological polar surface area (TPSA) is 26.3 Å². The van der Waals surface area contributed by atoms with E-state index in [4.69, 9.17) is 27.6 Å². The lowest BCUT2D eigenvalue weighted by atomic mass is 10.1. The Morgan fingerprint density at radius 1 is 1.35 bits per heavy atom. The summed E-state index contributed by atoms with van der Waals surface area (Å²) in [6.45, 7) is 5.76. The molecule has 1 aromatic rings. The van der Waals surface area contributed by atoms with Crippen LogP contribution in [0, 0.1) is 5.82 Å². The van der Waals surface area contributed by atoms with E-state index in [0.29, 0.717) is 6.29 Å². The van der Waals surface area contributed by atoms with Crippen LogP contribution in [0.2, 0.25) is 29.7 Å². The molecule has 0 fully saturated rings. The zero-order chi connectivity index (χ0) is 13.2. The summed E-state index contributed by atoms with van der Waals surface area (Å²) in [6.07, 6.45) is -0.331. The Bertz CT molecular complexity index is 432. The summed E-state index contributed by atoms with van der Waals surface area (Å²) in [6, 6.07) is 2.52. The van der Waals surface area contributed by atoms with Crippen LogP contribution >= 0.6 is 23.2 Å². The Kier molecular flexibility index (Phi) is 4.72. The fourth-order valence-electron chi connectivity index (χ4n) is 1.34. The van der Waals surface area contributed by atoms with Gasteiger partial charge in [-0.2, -0.15) is 0 Å². The second-order valence-corrected chi connectivity index (χ2v) is 9.79. The summed E-state index contributed by atoms with van der Waals surface area (Å²) in [5, 5.41) is 0.0691. The number of benzene rings is 1. The zero-order valence-electron chi connectivity index (χ0n) is 9.76. The molecule has 0 heterocycles. The van der Waals surface area contributed by atoms with Crippen LogP contribution in [-0.4, -0.2) is 14.6 Å². The van der Waals surface area contributed by atoms with Gasteiger partial charge in [0.05, 0.1) is 5.02 Å². The second kappa shape index (κ2) is 5.48. The molecular weight excluding hydrogens is 282 g/mol. The predicted octanol–water partition coefficient (Wildman–Crippen LogP) is 4.22. The van der Waals surface area contributed by atoms with Crippen LogP contribution in [0.5, 0.6) is 0 Å². The quantitative estimate of drug-likeness (QED) is 0.472. The molecule has 6 heteroatoms. The van der Waals surface area contributed by atoms with E-state index in [9.17, 15) is 9.18 Å². The number of rotatable bonds is 4. The van der Waals surface area contributed by atoms with E-state index in [-0.39, 0.29) is 15.6 Å². The van der Waals surface area contributed by atoms with Crippen LogP contribution in [0.25, 0.3) is 0 Å². The van der Waals surface area contributed by atoms with Gasteiger partial charge < -0.3 is 9.22 Å². The van der Waals surface area contributed by atoms with Crippen LogP contribution in [0.4, 0.5) is 4.39 Å². The maximum atomic E-state index is 13.3. The van der Waals surface area contributed by atoms with E-state index in [1.54, 1.807) is 0 Å². The first-order valence-corrected chi connectivity index (χ1v) is 9.19. The van der Waals surface area contributed by atoms with E-state index in [1.807, 2.05) is 19.6 Å². The Balaban J connectivity index is 3.21. The molecule has 0 bridgehead atoms. The number of halogens is 3. The molecule has 0 unspecified atom stereocenters. The van der Waals surface area contributed by atoms with Crippen molar-refractivity contribution < 1.29 is 13.6 Å². The minimum atomic E-state index is -1.96. The lowest BCUT2D eigenvalue weighted by Gasteiger charge is -2.24. The summed E-state index contributed by atoms with van der Waals surface area (Å²) in [4.78, 5) is 11.1. The lowest BCUT2D eigenvalue weighted by Crippen LogP contribution is -2.29. The van der Waals surface area contributed by atoms with Gasteiger partial charge >= 0.3 is 0 Å². The fraction of sp³-hybridized carbons (Fsp3) is 0.364. The minimum Gasteiger partial charge on any atom is -0.404 e. The second-order valence-electron chi connectivity index (χ2n) is 4.54. The van der Waals surface area contributed by atoms with Gasteiger partial charge in [-0.25, -0.2) is 4.39 Å². The number of carbonyl (C=O) groups is 1. The zero-order valence-corrected chi connectivity index (χ0v) is 12.3. The summed E-state index contributed by atoms with van der Waals surface area (Å²) in [7, 11) is -1.96. The molecule has 0 spiro atoms. The molecule has 0 N–H and O–H groups in total. The standard InChI is InChI=1S/C11H13Cl2FO2Si/c1-17(2,3)16-9(6-15)10-7(12)4-5-8(14)11(10)13/h4-6,9H,1-3H3/t9-/m0/s1. The van der Waals surface area contributed by atoms with Crippen molar-refractivity contribution in [2.24, 2.45) is 0 Å². The lowest BCUT2D eigenvalue weighted by molar-refractivity contribution is -0.114. The summed E-state index contributed by atoms with van der Waals surface area (Å²) < 4.78 is 19.0. The molecule has 0 amide bonds. The van der Waals surface area contributed by atoms with Gasteiger partial charge in [0.25, 0.3) is 0 Å². The van der Waals surface area contributed by atoms with Gasteiger partial charge in [-0.1, -0.05) is 23.2 Å². The maximum absolute atomic E-state index is 13.3. The van der Waals surface area contributed by atoms with Crippen molar-refractivity contribution in [2.45, 2.75) is 25.7 Å². The molecule has 0 aliphatic heterocycles. The van der Waals surface area contributed by atoms with Crippen molar-refractivity contribution in [2.75, 3.05) is 0 Å². The van der Waals surface area contributed by atoms with Gasteiger partial charge in [0.1, 0.15) is 11.9 Å². The van der Waals surface area contributed by atoms with Gasteiger partial charge in [-0.05, 0) is 31.8 Å². The first-order chi connectivity index (χ1) is 7.76. The minimum absolute atomic E-state index is 0.159. The highest BCUT2D eigenvalue weighted by molar-refractivity contribution is 6.69. The highest BCUT2D eigenvalue weighted by Crippen LogP contribution is 2.34. The molecule has 0 aromatic heterocycles. The molecule has 1 aromatic carbocycles. The third kappa shape index (κ3) is 3.78. The molecule has 2 nitrogen and oxygen atoms in total. The van der Waals surface area contributed by atoms with E-state index in [1.165, 1.54) is 6.07 Å².